The van der Waals surface area contributed by atoms with Crippen molar-refractivity contribution in [1.29, 1.82) is 0 Å². The quantitative estimate of drug-likeness (QED) is 0.639. The van der Waals surface area contributed by atoms with Crippen molar-refractivity contribution in [2.75, 3.05) is 10.6 Å². The summed E-state index contributed by atoms with van der Waals surface area (Å²) in [5, 5.41) is 9.56. The third-order valence-electron chi connectivity index (χ3n) is 4.31. The van der Waals surface area contributed by atoms with E-state index in [0.29, 0.717) is 41.6 Å². The van der Waals surface area contributed by atoms with Crippen LogP contribution < -0.4 is 10.6 Å². The third kappa shape index (κ3) is 4.07. The predicted octanol–water partition coefficient (Wildman–Crippen LogP) is 3.81. The van der Waals surface area contributed by atoms with Gasteiger partial charge in [-0.15, -0.1) is 11.8 Å². The first-order valence-corrected chi connectivity index (χ1v) is 9.82. The smallest absolute Gasteiger partial charge is 0.256 e. The Hall–Kier alpha value is -3.13. The topological polar surface area (TPSA) is 97.1 Å². The van der Waals surface area contributed by atoms with Crippen molar-refractivity contribution in [3.63, 3.8) is 0 Å². The molecule has 1 aromatic heterocycles. The molecular formula is C20H18N4O3S. The van der Waals surface area contributed by atoms with Crippen molar-refractivity contribution < 1.29 is 14.1 Å². The lowest BCUT2D eigenvalue weighted by atomic mass is 10.0. The summed E-state index contributed by atoms with van der Waals surface area (Å²) in [6, 6.07) is 12.9. The predicted molar refractivity (Wildman–Crippen MR) is 106 cm³/mol. The maximum absolute atomic E-state index is 12.8. The van der Waals surface area contributed by atoms with Crippen LogP contribution in [0.5, 0.6) is 0 Å². The lowest BCUT2D eigenvalue weighted by Crippen LogP contribution is -2.19. The minimum absolute atomic E-state index is 0.0201. The molecule has 0 unspecified atom stereocenters. The second-order valence-electron chi connectivity index (χ2n) is 6.39. The molecule has 2 N–H and O–H groups in total. The van der Waals surface area contributed by atoms with Crippen LogP contribution in [0.15, 0.2) is 51.9 Å². The van der Waals surface area contributed by atoms with E-state index in [1.54, 1.807) is 19.1 Å². The van der Waals surface area contributed by atoms with E-state index in [-0.39, 0.29) is 11.8 Å². The van der Waals surface area contributed by atoms with Crippen molar-refractivity contribution >= 4 is 35.0 Å². The highest BCUT2D eigenvalue weighted by Gasteiger charge is 2.17. The molecule has 0 bridgehead atoms. The zero-order valence-electron chi connectivity index (χ0n) is 15.2. The number of rotatable bonds is 5. The molecule has 142 valence electrons. The number of hydrogen-bond donors (Lipinski definition) is 2. The van der Waals surface area contributed by atoms with Crippen LogP contribution in [0.25, 0.3) is 0 Å². The third-order valence-corrected chi connectivity index (χ3v) is 5.37. The molecule has 0 atom stereocenters. The normalized spacial score (nSPS) is 13.0. The molecular weight excluding hydrogens is 376 g/mol. The van der Waals surface area contributed by atoms with Gasteiger partial charge in [-0.3, -0.25) is 9.59 Å². The van der Waals surface area contributed by atoms with E-state index in [1.165, 1.54) is 11.8 Å². The molecule has 2 heterocycles. The van der Waals surface area contributed by atoms with E-state index in [2.05, 4.69) is 20.8 Å². The SMILES string of the molecule is Cc1noc(CSc2ccccc2C(=O)Nc2ccc3c(c2)CCC(=O)N3)n1. The summed E-state index contributed by atoms with van der Waals surface area (Å²) < 4.78 is 5.13. The minimum atomic E-state index is -0.190. The number of carbonyl (C=O) groups excluding carboxylic acids is 2. The molecule has 0 saturated heterocycles. The van der Waals surface area contributed by atoms with Crippen LogP contribution in [0.1, 0.15) is 34.1 Å². The van der Waals surface area contributed by atoms with Crippen LogP contribution in [0.2, 0.25) is 0 Å². The summed E-state index contributed by atoms with van der Waals surface area (Å²) in [5.41, 5.74) is 3.11. The van der Waals surface area contributed by atoms with Gasteiger partial charge in [-0.1, -0.05) is 17.3 Å². The van der Waals surface area contributed by atoms with Crippen LogP contribution in [0.3, 0.4) is 0 Å². The Kier molecular flexibility index (Phi) is 5.12. The van der Waals surface area contributed by atoms with Crippen molar-refractivity contribution in [1.82, 2.24) is 10.1 Å². The summed E-state index contributed by atoms with van der Waals surface area (Å²) in [4.78, 5) is 29.3. The van der Waals surface area contributed by atoms with Gasteiger partial charge < -0.3 is 15.2 Å². The summed E-state index contributed by atoms with van der Waals surface area (Å²) in [5.74, 6) is 1.43. The number of aromatic nitrogens is 2. The number of anilines is 2. The fraction of sp³-hybridized carbons (Fsp3) is 0.200. The van der Waals surface area contributed by atoms with Crippen molar-refractivity contribution in [2.24, 2.45) is 0 Å². The fourth-order valence-electron chi connectivity index (χ4n) is 2.98. The molecule has 0 aliphatic carbocycles. The number of benzene rings is 2. The van der Waals surface area contributed by atoms with E-state index >= 15 is 0 Å². The zero-order chi connectivity index (χ0) is 19.5. The summed E-state index contributed by atoms with van der Waals surface area (Å²) in [6.07, 6.45) is 1.12. The van der Waals surface area contributed by atoms with Gasteiger partial charge >= 0.3 is 0 Å². The second kappa shape index (κ2) is 7.85. The number of carbonyl (C=O) groups is 2. The number of nitrogens with zero attached hydrogens (tertiary/aromatic N) is 2. The van der Waals surface area contributed by atoms with Gasteiger partial charge in [0.25, 0.3) is 5.91 Å². The Morgan fingerprint density at radius 2 is 2.11 bits per heavy atom. The highest BCUT2D eigenvalue weighted by atomic mass is 32.2. The summed E-state index contributed by atoms with van der Waals surface area (Å²) in [6.45, 7) is 1.77. The van der Waals surface area contributed by atoms with Gasteiger partial charge in [0.2, 0.25) is 11.8 Å². The largest absolute Gasteiger partial charge is 0.338 e. The Bertz CT molecular complexity index is 1050. The molecule has 0 fully saturated rings. The van der Waals surface area contributed by atoms with Gasteiger partial charge in [0.15, 0.2) is 5.82 Å². The van der Waals surface area contributed by atoms with Gasteiger partial charge in [0, 0.05) is 22.7 Å². The zero-order valence-corrected chi connectivity index (χ0v) is 16.0. The maximum Gasteiger partial charge on any atom is 0.256 e. The van der Waals surface area contributed by atoms with Gasteiger partial charge in [0.05, 0.1) is 11.3 Å². The number of amides is 2. The molecule has 2 aromatic carbocycles. The van der Waals surface area contributed by atoms with Crippen LogP contribution in [-0.4, -0.2) is 22.0 Å². The van der Waals surface area contributed by atoms with Gasteiger partial charge in [-0.25, -0.2) is 0 Å². The maximum atomic E-state index is 12.8. The second-order valence-corrected chi connectivity index (χ2v) is 7.41. The first kappa shape index (κ1) is 18.2. The molecule has 2 amide bonds. The Morgan fingerprint density at radius 1 is 1.25 bits per heavy atom. The minimum Gasteiger partial charge on any atom is -0.338 e. The standard InChI is InChI=1S/C20H18N4O3S/c1-12-21-19(27-24-12)11-28-17-5-3-2-4-15(17)20(26)22-14-7-8-16-13(10-14)6-9-18(25)23-16/h2-5,7-8,10H,6,9,11H2,1H3,(H,22,26)(H,23,25). The highest BCUT2D eigenvalue weighted by Crippen LogP contribution is 2.28. The Balaban J connectivity index is 1.48. The number of aryl methyl sites for hydroxylation is 2. The molecule has 3 aromatic rings. The number of thioether (sulfide) groups is 1. The molecule has 4 rings (SSSR count). The number of fused-ring (bicyclic) bond motifs is 1. The molecule has 7 nitrogen and oxygen atoms in total. The summed E-state index contributed by atoms with van der Waals surface area (Å²) in [7, 11) is 0. The number of hydrogen-bond acceptors (Lipinski definition) is 6. The molecule has 0 radical (unpaired) electrons. The molecule has 28 heavy (non-hydrogen) atoms. The van der Waals surface area contributed by atoms with E-state index in [1.807, 2.05) is 30.3 Å². The average molecular weight is 394 g/mol. The highest BCUT2D eigenvalue weighted by molar-refractivity contribution is 7.98. The number of nitrogens with one attached hydrogen (secondary N) is 2. The van der Waals surface area contributed by atoms with Gasteiger partial charge in [-0.2, -0.15) is 4.98 Å². The summed E-state index contributed by atoms with van der Waals surface area (Å²) >= 11 is 1.47. The van der Waals surface area contributed by atoms with Crippen molar-refractivity contribution in [3.8, 4) is 0 Å². The molecule has 1 aliphatic rings. The van der Waals surface area contributed by atoms with Crippen LogP contribution in [-0.2, 0) is 17.0 Å². The van der Waals surface area contributed by atoms with Gasteiger partial charge in [0.1, 0.15) is 0 Å². The van der Waals surface area contributed by atoms with E-state index in [0.717, 1.165) is 16.1 Å². The van der Waals surface area contributed by atoms with E-state index in [9.17, 15) is 9.59 Å². The van der Waals surface area contributed by atoms with Crippen molar-refractivity contribution in [3.05, 3.63) is 65.3 Å². The lowest BCUT2D eigenvalue weighted by Gasteiger charge is -2.18. The molecule has 1 aliphatic heterocycles. The average Bonchev–Trinajstić information content (AvgIpc) is 3.12. The van der Waals surface area contributed by atoms with Crippen LogP contribution >= 0.6 is 11.8 Å². The van der Waals surface area contributed by atoms with E-state index in [4.69, 9.17) is 4.52 Å². The fourth-order valence-corrected chi connectivity index (χ4v) is 3.87. The first-order valence-electron chi connectivity index (χ1n) is 8.83. The van der Waals surface area contributed by atoms with Crippen LogP contribution in [0, 0.1) is 6.92 Å². The first-order chi connectivity index (χ1) is 13.6. The van der Waals surface area contributed by atoms with Gasteiger partial charge in [-0.05, 0) is 49.2 Å². The molecule has 0 saturated carbocycles. The van der Waals surface area contributed by atoms with E-state index < -0.39 is 0 Å². The Labute approximate surface area is 165 Å². The molecule has 8 heteroatoms. The Morgan fingerprint density at radius 3 is 2.93 bits per heavy atom. The lowest BCUT2D eigenvalue weighted by molar-refractivity contribution is -0.116. The molecule has 0 spiro atoms. The van der Waals surface area contributed by atoms with Crippen molar-refractivity contribution in [2.45, 2.75) is 30.4 Å². The monoisotopic (exact) mass is 394 g/mol. The van der Waals surface area contributed by atoms with Crippen LogP contribution in [0.4, 0.5) is 11.4 Å².